The first-order valence-corrected chi connectivity index (χ1v) is 7.37. The van der Waals surface area contributed by atoms with Crippen LogP contribution < -0.4 is 5.32 Å². The minimum atomic E-state index is -0.691. The zero-order valence-electron chi connectivity index (χ0n) is 13.4. The van der Waals surface area contributed by atoms with Gasteiger partial charge in [0.2, 0.25) is 0 Å². The summed E-state index contributed by atoms with van der Waals surface area (Å²) in [6.07, 6.45) is -0.658. The largest absolute Gasteiger partial charge is 0.445 e. The van der Waals surface area contributed by atoms with Gasteiger partial charge < -0.3 is 10.1 Å². The highest BCUT2D eigenvalue weighted by Crippen LogP contribution is 2.22. The second kappa shape index (κ2) is 7.45. The summed E-state index contributed by atoms with van der Waals surface area (Å²) in [6, 6.07) is 6.41. The van der Waals surface area contributed by atoms with Crippen LogP contribution in [0, 0.1) is 5.41 Å². The van der Waals surface area contributed by atoms with Crippen LogP contribution in [-0.4, -0.2) is 17.9 Å². The standard InChI is InChI=1S/C17H22ClNO3/c1-11(2)14(20)15(17(3,4)5)19-16(21)22-10-12-8-6-7-9-13(12)18/h6-9,15H,1,10H2,2-5H3,(H,19,21). The minimum Gasteiger partial charge on any atom is -0.445 e. The number of hydrogen-bond acceptors (Lipinski definition) is 3. The topological polar surface area (TPSA) is 55.4 Å². The molecule has 0 fully saturated rings. The van der Waals surface area contributed by atoms with Crippen molar-refractivity contribution in [3.8, 4) is 0 Å². The summed E-state index contributed by atoms with van der Waals surface area (Å²) in [4.78, 5) is 24.1. The Hall–Kier alpha value is -1.81. The second-order valence-corrected chi connectivity index (χ2v) is 6.66. The fourth-order valence-electron chi connectivity index (χ4n) is 1.84. The highest BCUT2D eigenvalue weighted by Gasteiger charge is 2.33. The third kappa shape index (κ3) is 5.19. The summed E-state index contributed by atoms with van der Waals surface area (Å²) >= 11 is 6.00. The van der Waals surface area contributed by atoms with Crippen molar-refractivity contribution in [2.75, 3.05) is 0 Å². The Kier molecular flexibility index (Phi) is 6.18. The molecular weight excluding hydrogens is 302 g/mol. The monoisotopic (exact) mass is 323 g/mol. The van der Waals surface area contributed by atoms with Crippen LogP contribution in [0.1, 0.15) is 33.3 Å². The predicted molar refractivity (Wildman–Crippen MR) is 87.8 cm³/mol. The Bertz CT molecular complexity index is 576. The maximum atomic E-state index is 12.2. The molecule has 4 nitrogen and oxygen atoms in total. The zero-order chi connectivity index (χ0) is 16.9. The van der Waals surface area contributed by atoms with E-state index in [1.807, 2.05) is 26.8 Å². The van der Waals surface area contributed by atoms with Gasteiger partial charge >= 0.3 is 6.09 Å². The number of hydrogen-bond donors (Lipinski definition) is 1. The number of carbonyl (C=O) groups excluding carboxylic acids is 2. The number of ketones is 1. The number of carbonyl (C=O) groups is 2. The number of benzene rings is 1. The van der Waals surface area contributed by atoms with Crippen molar-refractivity contribution in [2.24, 2.45) is 5.41 Å². The van der Waals surface area contributed by atoms with Crippen LogP contribution in [0.15, 0.2) is 36.4 Å². The summed E-state index contributed by atoms with van der Waals surface area (Å²) in [5.74, 6) is -0.206. The first-order chi connectivity index (χ1) is 10.1. The van der Waals surface area contributed by atoms with Gasteiger partial charge in [0.15, 0.2) is 5.78 Å². The average molecular weight is 324 g/mol. The van der Waals surface area contributed by atoms with Gasteiger partial charge in [0.25, 0.3) is 0 Å². The third-order valence-corrected chi connectivity index (χ3v) is 3.50. The highest BCUT2D eigenvalue weighted by atomic mass is 35.5. The molecule has 0 aliphatic heterocycles. The fraction of sp³-hybridized carbons (Fsp3) is 0.412. The molecule has 0 radical (unpaired) electrons. The molecule has 0 saturated heterocycles. The van der Waals surface area contributed by atoms with Crippen molar-refractivity contribution >= 4 is 23.5 Å². The molecule has 5 heteroatoms. The van der Waals surface area contributed by atoms with E-state index in [4.69, 9.17) is 16.3 Å². The van der Waals surface area contributed by atoms with Crippen LogP contribution in [-0.2, 0) is 16.1 Å². The lowest BCUT2D eigenvalue weighted by molar-refractivity contribution is -0.119. The molecule has 1 atom stereocenters. The Morgan fingerprint density at radius 1 is 1.32 bits per heavy atom. The molecule has 1 unspecified atom stereocenters. The van der Waals surface area contributed by atoms with E-state index in [-0.39, 0.29) is 12.4 Å². The normalized spacial score (nSPS) is 12.4. The lowest BCUT2D eigenvalue weighted by atomic mass is 9.82. The molecule has 1 amide bonds. The average Bonchev–Trinajstić information content (AvgIpc) is 2.41. The van der Waals surface area contributed by atoms with Crippen molar-refractivity contribution < 1.29 is 14.3 Å². The maximum absolute atomic E-state index is 12.2. The molecule has 0 aromatic heterocycles. The molecule has 0 aliphatic carbocycles. The van der Waals surface area contributed by atoms with Crippen LogP contribution in [0.25, 0.3) is 0 Å². The third-order valence-electron chi connectivity index (χ3n) is 3.13. The number of ether oxygens (including phenoxy) is 1. The fourth-order valence-corrected chi connectivity index (χ4v) is 2.03. The van der Waals surface area contributed by atoms with Gasteiger partial charge in [-0.1, -0.05) is 57.2 Å². The lowest BCUT2D eigenvalue weighted by Crippen LogP contribution is -2.49. The van der Waals surface area contributed by atoms with E-state index in [2.05, 4.69) is 11.9 Å². The van der Waals surface area contributed by atoms with Gasteiger partial charge in [0.1, 0.15) is 6.61 Å². The molecule has 0 aliphatic rings. The van der Waals surface area contributed by atoms with Gasteiger partial charge in [-0.2, -0.15) is 0 Å². The van der Waals surface area contributed by atoms with Crippen molar-refractivity contribution in [1.82, 2.24) is 5.32 Å². The van der Waals surface area contributed by atoms with Crippen molar-refractivity contribution in [3.05, 3.63) is 47.0 Å². The summed E-state index contributed by atoms with van der Waals surface area (Å²) in [7, 11) is 0. The summed E-state index contributed by atoms with van der Waals surface area (Å²) < 4.78 is 5.15. The number of nitrogens with one attached hydrogen (secondary N) is 1. The molecule has 0 heterocycles. The number of rotatable bonds is 5. The van der Waals surface area contributed by atoms with Gasteiger partial charge in [-0.25, -0.2) is 4.79 Å². The molecule has 1 aromatic carbocycles. The Balaban J connectivity index is 2.70. The Morgan fingerprint density at radius 2 is 1.91 bits per heavy atom. The lowest BCUT2D eigenvalue weighted by Gasteiger charge is -2.30. The van der Waals surface area contributed by atoms with Crippen LogP contribution in [0.4, 0.5) is 4.79 Å². The molecule has 22 heavy (non-hydrogen) atoms. The van der Waals surface area contributed by atoms with E-state index in [0.717, 1.165) is 0 Å². The van der Waals surface area contributed by atoms with E-state index in [0.29, 0.717) is 16.2 Å². The molecule has 0 saturated carbocycles. The minimum absolute atomic E-state index is 0.0453. The SMILES string of the molecule is C=C(C)C(=O)C(NC(=O)OCc1ccccc1Cl)C(C)(C)C. The molecule has 1 aromatic rings. The van der Waals surface area contributed by atoms with E-state index in [1.165, 1.54) is 0 Å². The van der Waals surface area contributed by atoms with Crippen molar-refractivity contribution in [3.63, 3.8) is 0 Å². The number of amides is 1. The summed E-state index contributed by atoms with van der Waals surface area (Å²) in [6.45, 7) is 10.9. The quantitative estimate of drug-likeness (QED) is 0.829. The van der Waals surface area contributed by atoms with E-state index < -0.39 is 17.6 Å². The first kappa shape index (κ1) is 18.2. The zero-order valence-corrected chi connectivity index (χ0v) is 14.2. The second-order valence-electron chi connectivity index (χ2n) is 6.26. The van der Waals surface area contributed by atoms with Gasteiger partial charge in [0, 0.05) is 10.6 Å². The van der Waals surface area contributed by atoms with Crippen LogP contribution in [0.2, 0.25) is 5.02 Å². The number of halogens is 1. The Labute approximate surface area is 136 Å². The molecule has 1 rings (SSSR count). The number of alkyl carbamates (subject to hydrolysis) is 1. The molecular formula is C17H22ClNO3. The smallest absolute Gasteiger partial charge is 0.408 e. The maximum Gasteiger partial charge on any atom is 0.408 e. The summed E-state index contributed by atoms with van der Waals surface area (Å²) in [5, 5.41) is 3.14. The van der Waals surface area contributed by atoms with Gasteiger partial charge in [0.05, 0.1) is 6.04 Å². The van der Waals surface area contributed by atoms with Gasteiger partial charge in [-0.05, 0) is 24.0 Å². The van der Waals surface area contributed by atoms with Crippen LogP contribution in [0.5, 0.6) is 0 Å². The van der Waals surface area contributed by atoms with Crippen molar-refractivity contribution in [2.45, 2.75) is 40.3 Å². The molecule has 0 bridgehead atoms. The van der Waals surface area contributed by atoms with Gasteiger partial charge in [-0.3, -0.25) is 4.79 Å². The molecule has 120 valence electrons. The first-order valence-electron chi connectivity index (χ1n) is 6.99. The molecule has 0 spiro atoms. The molecule has 1 N–H and O–H groups in total. The number of Topliss-reactive ketones (excluding diaryl/α,β-unsaturated/α-hetero) is 1. The van der Waals surface area contributed by atoms with E-state index in [9.17, 15) is 9.59 Å². The predicted octanol–water partition coefficient (Wildman–Crippen LogP) is 4.13. The Morgan fingerprint density at radius 3 is 2.41 bits per heavy atom. The van der Waals surface area contributed by atoms with Crippen LogP contribution >= 0.6 is 11.6 Å². The highest BCUT2D eigenvalue weighted by molar-refractivity contribution is 6.31. The van der Waals surface area contributed by atoms with E-state index in [1.54, 1.807) is 25.1 Å². The van der Waals surface area contributed by atoms with Crippen LogP contribution in [0.3, 0.4) is 0 Å². The van der Waals surface area contributed by atoms with Gasteiger partial charge in [-0.15, -0.1) is 0 Å². The summed E-state index contributed by atoms with van der Waals surface area (Å²) in [5.41, 5.74) is 0.656. The van der Waals surface area contributed by atoms with Crippen molar-refractivity contribution in [1.29, 1.82) is 0 Å². The van der Waals surface area contributed by atoms with E-state index >= 15 is 0 Å².